The third kappa shape index (κ3) is 4.13. The maximum atomic E-state index is 12.5. The Hall–Kier alpha value is -2.96. The Bertz CT molecular complexity index is 908. The highest BCUT2D eigenvalue weighted by Gasteiger charge is 2.29. The fraction of sp³-hybridized carbons (Fsp3) is 0.429. The first kappa shape index (κ1) is 19.8. The third-order valence-electron chi connectivity index (χ3n) is 4.81. The van der Waals surface area contributed by atoms with E-state index in [4.69, 9.17) is 5.10 Å². The van der Waals surface area contributed by atoms with Crippen LogP contribution >= 0.6 is 0 Å². The monoisotopic (exact) mass is 382 g/mol. The summed E-state index contributed by atoms with van der Waals surface area (Å²) in [7, 11) is 0. The predicted octanol–water partition coefficient (Wildman–Crippen LogP) is 2.96. The van der Waals surface area contributed by atoms with Crippen molar-refractivity contribution >= 4 is 23.5 Å². The number of anilines is 1. The van der Waals surface area contributed by atoms with E-state index in [1.54, 1.807) is 4.68 Å². The number of aryl methyl sites for hydroxylation is 1. The van der Waals surface area contributed by atoms with Gasteiger partial charge in [0, 0.05) is 37.3 Å². The minimum atomic E-state index is -0.261. The first-order valence-corrected chi connectivity index (χ1v) is 9.46. The lowest BCUT2D eigenvalue weighted by molar-refractivity contribution is -0.138. The number of para-hydroxylation sites is 1. The molecule has 28 heavy (non-hydrogen) atoms. The maximum absolute atomic E-state index is 12.5. The van der Waals surface area contributed by atoms with Gasteiger partial charge in [-0.05, 0) is 18.6 Å². The average Bonchev–Trinajstić information content (AvgIpc) is 3.17. The van der Waals surface area contributed by atoms with Gasteiger partial charge in [-0.2, -0.15) is 5.10 Å². The largest absolute Gasteiger partial charge is 0.311 e. The van der Waals surface area contributed by atoms with Crippen LogP contribution in [0.25, 0.3) is 5.69 Å². The highest BCUT2D eigenvalue weighted by atomic mass is 16.2. The van der Waals surface area contributed by atoms with Crippen LogP contribution in [0.1, 0.15) is 51.3 Å². The molecule has 2 heterocycles. The number of aromatic nitrogens is 2. The molecule has 0 unspecified atom stereocenters. The number of hydrogen-bond acceptors (Lipinski definition) is 4. The Morgan fingerprint density at radius 1 is 1.14 bits per heavy atom. The molecule has 1 fully saturated rings. The predicted molar refractivity (Wildman–Crippen MR) is 106 cm³/mol. The van der Waals surface area contributed by atoms with E-state index in [0.717, 1.165) is 16.9 Å². The van der Waals surface area contributed by atoms with Gasteiger partial charge in [0.15, 0.2) is 0 Å². The number of carbonyl (C=O) groups is 3. The summed E-state index contributed by atoms with van der Waals surface area (Å²) in [6.45, 7) is 8.28. The van der Waals surface area contributed by atoms with Crippen molar-refractivity contribution in [3.63, 3.8) is 0 Å². The zero-order valence-electron chi connectivity index (χ0n) is 16.8. The normalized spacial score (nSPS) is 14.6. The van der Waals surface area contributed by atoms with Crippen LogP contribution in [-0.2, 0) is 19.8 Å². The van der Waals surface area contributed by atoms with Crippen molar-refractivity contribution in [3.8, 4) is 5.69 Å². The maximum Gasteiger partial charge on any atom is 0.229 e. The molecule has 1 aliphatic heterocycles. The number of benzene rings is 1. The summed E-state index contributed by atoms with van der Waals surface area (Å²) in [5, 5.41) is 7.61. The molecule has 1 N–H and O–H groups in total. The quantitative estimate of drug-likeness (QED) is 0.806. The second kappa shape index (κ2) is 7.58. The van der Waals surface area contributed by atoms with Crippen molar-refractivity contribution in [2.75, 3.05) is 11.9 Å². The van der Waals surface area contributed by atoms with Crippen molar-refractivity contribution in [2.45, 2.75) is 52.4 Å². The summed E-state index contributed by atoms with van der Waals surface area (Å²) in [6.07, 6.45) is 0.520. The van der Waals surface area contributed by atoms with E-state index >= 15 is 0 Å². The molecule has 0 bridgehead atoms. The zero-order valence-corrected chi connectivity index (χ0v) is 16.8. The van der Waals surface area contributed by atoms with E-state index in [0.29, 0.717) is 5.82 Å². The van der Waals surface area contributed by atoms with Crippen molar-refractivity contribution in [1.29, 1.82) is 0 Å². The summed E-state index contributed by atoms with van der Waals surface area (Å²) < 4.78 is 1.74. The Morgan fingerprint density at radius 3 is 2.39 bits per heavy atom. The van der Waals surface area contributed by atoms with Crippen LogP contribution in [0.2, 0.25) is 0 Å². The van der Waals surface area contributed by atoms with Gasteiger partial charge in [0.2, 0.25) is 17.7 Å². The van der Waals surface area contributed by atoms with Crippen LogP contribution in [0.3, 0.4) is 0 Å². The molecule has 1 aromatic carbocycles. The van der Waals surface area contributed by atoms with Crippen molar-refractivity contribution in [2.24, 2.45) is 0 Å². The van der Waals surface area contributed by atoms with Gasteiger partial charge in [0.1, 0.15) is 5.82 Å². The van der Waals surface area contributed by atoms with E-state index in [1.165, 1.54) is 4.90 Å². The minimum Gasteiger partial charge on any atom is -0.311 e. The van der Waals surface area contributed by atoms with E-state index in [-0.39, 0.29) is 48.9 Å². The van der Waals surface area contributed by atoms with Crippen LogP contribution in [0, 0.1) is 6.92 Å². The molecule has 3 amide bonds. The minimum absolute atomic E-state index is 0.0568. The molecule has 1 aliphatic rings. The summed E-state index contributed by atoms with van der Waals surface area (Å²) in [5.41, 5.74) is 2.60. The summed E-state index contributed by atoms with van der Waals surface area (Å²) in [4.78, 5) is 37.1. The molecule has 2 aromatic rings. The molecule has 148 valence electrons. The number of imide groups is 1. The van der Waals surface area contributed by atoms with Crippen molar-refractivity contribution in [1.82, 2.24) is 14.7 Å². The van der Waals surface area contributed by atoms with Crippen molar-refractivity contribution in [3.05, 3.63) is 41.6 Å². The Balaban J connectivity index is 1.81. The standard InChI is InChI=1S/C21H26N4O3/c1-14-7-5-6-8-15(14)25-17(13-16(23-25)21(2,3)4)22-18(26)11-12-24-19(27)9-10-20(24)28/h5-8,13H,9-12H2,1-4H3,(H,22,26). The molecule has 0 radical (unpaired) electrons. The molecule has 0 spiro atoms. The Labute approximate surface area is 164 Å². The lowest BCUT2D eigenvalue weighted by Crippen LogP contribution is -2.32. The molecule has 7 nitrogen and oxygen atoms in total. The number of hydrogen-bond donors (Lipinski definition) is 1. The first-order chi connectivity index (χ1) is 13.2. The van der Waals surface area contributed by atoms with Crippen LogP contribution in [0.5, 0.6) is 0 Å². The Morgan fingerprint density at radius 2 is 1.79 bits per heavy atom. The number of amides is 3. The van der Waals surface area contributed by atoms with Gasteiger partial charge in [0.05, 0.1) is 11.4 Å². The fourth-order valence-electron chi connectivity index (χ4n) is 3.11. The number of carbonyl (C=O) groups excluding carboxylic acids is 3. The van der Waals surface area contributed by atoms with Crippen LogP contribution in [0.15, 0.2) is 30.3 Å². The Kier molecular flexibility index (Phi) is 5.36. The second-order valence-electron chi connectivity index (χ2n) is 8.10. The molecule has 3 rings (SSSR count). The van der Waals surface area contributed by atoms with Crippen LogP contribution < -0.4 is 5.32 Å². The summed E-state index contributed by atoms with van der Waals surface area (Å²) in [6, 6.07) is 9.69. The summed E-state index contributed by atoms with van der Waals surface area (Å²) >= 11 is 0. The summed E-state index contributed by atoms with van der Waals surface area (Å²) in [5.74, 6) is -0.110. The van der Waals surface area contributed by atoms with Gasteiger partial charge in [-0.1, -0.05) is 39.0 Å². The van der Waals surface area contributed by atoms with E-state index in [1.807, 2.05) is 37.3 Å². The van der Waals surface area contributed by atoms with E-state index < -0.39 is 0 Å². The van der Waals surface area contributed by atoms with Crippen molar-refractivity contribution < 1.29 is 14.4 Å². The van der Waals surface area contributed by atoms with Gasteiger partial charge >= 0.3 is 0 Å². The van der Waals surface area contributed by atoms with Gasteiger partial charge < -0.3 is 5.32 Å². The van der Waals surface area contributed by atoms with E-state index in [9.17, 15) is 14.4 Å². The van der Waals surface area contributed by atoms with E-state index in [2.05, 4.69) is 26.1 Å². The highest BCUT2D eigenvalue weighted by Crippen LogP contribution is 2.27. The molecule has 0 aliphatic carbocycles. The first-order valence-electron chi connectivity index (χ1n) is 9.46. The molecule has 1 saturated heterocycles. The van der Waals surface area contributed by atoms with Gasteiger partial charge in [-0.3, -0.25) is 19.3 Å². The molecule has 0 atom stereocenters. The lowest BCUT2D eigenvalue weighted by Gasteiger charge is -2.14. The molecular formula is C21H26N4O3. The second-order valence-corrected chi connectivity index (χ2v) is 8.10. The van der Waals surface area contributed by atoms with Gasteiger partial charge in [0.25, 0.3) is 0 Å². The highest BCUT2D eigenvalue weighted by molar-refractivity contribution is 6.02. The molecule has 7 heteroatoms. The third-order valence-corrected chi connectivity index (χ3v) is 4.81. The fourth-order valence-corrected chi connectivity index (χ4v) is 3.11. The lowest BCUT2D eigenvalue weighted by atomic mass is 9.92. The SMILES string of the molecule is Cc1ccccc1-n1nc(C(C)(C)C)cc1NC(=O)CCN1C(=O)CCC1=O. The molecule has 1 aromatic heterocycles. The van der Waals surface area contributed by atoms with Crippen LogP contribution in [0.4, 0.5) is 5.82 Å². The molecule has 0 saturated carbocycles. The number of nitrogens with zero attached hydrogens (tertiary/aromatic N) is 3. The molecular weight excluding hydrogens is 356 g/mol. The number of rotatable bonds is 5. The average molecular weight is 382 g/mol. The smallest absolute Gasteiger partial charge is 0.229 e. The van der Waals surface area contributed by atoms with Crippen LogP contribution in [-0.4, -0.2) is 38.9 Å². The topological polar surface area (TPSA) is 84.3 Å². The zero-order chi connectivity index (χ0) is 20.5. The van der Waals surface area contributed by atoms with Gasteiger partial charge in [-0.25, -0.2) is 4.68 Å². The number of likely N-dealkylation sites (tertiary alicyclic amines) is 1. The number of nitrogens with one attached hydrogen (secondary N) is 1. The van der Waals surface area contributed by atoms with Gasteiger partial charge in [-0.15, -0.1) is 0 Å².